The van der Waals surface area contributed by atoms with Crippen LogP contribution in [0.2, 0.25) is 0 Å². The molecule has 2 aromatic heterocycles. The molecular weight excluding hydrogens is 514 g/mol. The van der Waals surface area contributed by atoms with Crippen LogP contribution in [0, 0.1) is 6.92 Å². The molecule has 3 N–H and O–H groups in total. The number of fused-ring (bicyclic) bond motifs is 2. The molecule has 0 spiro atoms. The van der Waals surface area contributed by atoms with E-state index in [0.717, 1.165) is 38.9 Å². The quantitative estimate of drug-likeness (QED) is 0.184. The predicted molar refractivity (Wildman–Crippen MR) is 162 cm³/mol. The van der Waals surface area contributed by atoms with Gasteiger partial charge in [-0.05, 0) is 85.6 Å². The van der Waals surface area contributed by atoms with Crippen molar-refractivity contribution in [1.29, 1.82) is 0 Å². The van der Waals surface area contributed by atoms with Crippen LogP contribution in [0.25, 0.3) is 33.1 Å². The second-order valence-corrected chi connectivity index (χ2v) is 9.64. The molecule has 4 aromatic carbocycles. The Balaban J connectivity index is 1.17. The summed E-state index contributed by atoms with van der Waals surface area (Å²) >= 11 is 0. The van der Waals surface area contributed by atoms with Crippen LogP contribution in [0.1, 0.15) is 33.2 Å². The average Bonchev–Trinajstić information content (AvgIpc) is 3.43. The first-order valence-corrected chi connectivity index (χ1v) is 13.3. The number of para-hydroxylation sites is 1. The number of benzene rings is 4. The van der Waals surface area contributed by atoms with Crippen molar-refractivity contribution in [2.24, 2.45) is 0 Å². The Bertz CT molecular complexity index is 1880. The molecule has 0 aliphatic heterocycles. The van der Waals surface area contributed by atoms with E-state index in [2.05, 4.69) is 49.9 Å². The highest BCUT2D eigenvalue weighted by Crippen LogP contribution is 2.28. The minimum absolute atomic E-state index is 0.284. The van der Waals surface area contributed by atoms with Gasteiger partial charge in [-0.15, -0.1) is 0 Å². The first-order chi connectivity index (χ1) is 20.0. The summed E-state index contributed by atoms with van der Waals surface area (Å²) in [6.45, 7) is 3.96. The molecule has 0 bridgehead atoms. The lowest BCUT2D eigenvalue weighted by molar-refractivity contribution is 0.0526. The molecule has 0 atom stereocenters. The molecule has 0 aliphatic carbocycles. The number of amides is 1. The van der Waals surface area contributed by atoms with Gasteiger partial charge in [0.1, 0.15) is 0 Å². The summed E-state index contributed by atoms with van der Waals surface area (Å²) in [6.07, 6.45) is 1.80. The van der Waals surface area contributed by atoms with Crippen LogP contribution in [0.4, 0.5) is 17.3 Å². The Morgan fingerprint density at radius 2 is 1.68 bits per heavy atom. The summed E-state index contributed by atoms with van der Waals surface area (Å²) in [5.41, 5.74) is 7.13. The van der Waals surface area contributed by atoms with E-state index in [4.69, 9.17) is 4.74 Å². The molecule has 6 aromatic rings. The van der Waals surface area contributed by atoms with Gasteiger partial charge in [-0.2, -0.15) is 0 Å². The molecule has 202 valence electrons. The third-order valence-corrected chi connectivity index (χ3v) is 6.82. The zero-order chi connectivity index (χ0) is 28.3. The molecular formula is C33H27N5O3. The van der Waals surface area contributed by atoms with Gasteiger partial charge in [-0.25, -0.2) is 14.8 Å². The molecule has 0 saturated heterocycles. The van der Waals surface area contributed by atoms with Gasteiger partial charge in [-0.3, -0.25) is 4.79 Å². The van der Waals surface area contributed by atoms with Crippen LogP contribution in [0.15, 0.2) is 97.2 Å². The highest BCUT2D eigenvalue weighted by molar-refractivity contribution is 6.05. The number of H-pyrrole nitrogens is 1. The Morgan fingerprint density at radius 3 is 2.49 bits per heavy atom. The molecule has 8 heteroatoms. The maximum atomic E-state index is 12.9. The van der Waals surface area contributed by atoms with Gasteiger partial charge < -0.3 is 20.4 Å². The van der Waals surface area contributed by atoms with Crippen LogP contribution >= 0.6 is 0 Å². The number of aromatic amines is 1. The smallest absolute Gasteiger partial charge is 0.338 e. The normalized spacial score (nSPS) is 11.0. The van der Waals surface area contributed by atoms with E-state index < -0.39 is 5.97 Å². The molecule has 2 heterocycles. The van der Waals surface area contributed by atoms with Gasteiger partial charge in [0.2, 0.25) is 5.95 Å². The maximum Gasteiger partial charge on any atom is 0.338 e. The summed E-state index contributed by atoms with van der Waals surface area (Å²) in [7, 11) is 0. The van der Waals surface area contributed by atoms with Crippen molar-refractivity contribution in [3.63, 3.8) is 0 Å². The molecule has 8 nitrogen and oxygen atoms in total. The fourth-order valence-electron chi connectivity index (χ4n) is 4.62. The zero-order valence-corrected chi connectivity index (χ0v) is 22.6. The highest BCUT2D eigenvalue weighted by atomic mass is 16.5. The molecule has 0 radical (unpaired) electrons. The lowest BCUT2D eigenvalue weighted by Crippen LogP contribution is -2.13. The fraction of sp³-hybridized carbons (Fsp3) is 0.0909. The number of anilines is 3. The summed E-state index contributed by atoms with van der Waals surface area (Å²) in [6, 6.07) is 28.5. The molecule has 0 aliphatic rings. The first kappa shape index (κ1) is 25.8. The summed E-state index contributed by atoms with van der Waals surface area (Å²) in [5.74, 6) is -0.250. The minimum Gasteiger partial charge on any atom is -0.462 e. The summed E-state index contributed by atoms with van der Waals surface area (Å²) < 4.78 is 5.00. The van der Waals surface area contributed by atoms with E-state index in [1.165, 1.54) is 5.39 Å². The van der Waals surface area contributed by atoms with Gasteiger partial charge in [0, 0.05) is 45.1 Å². The van der Waals surface area contributed by atoms with Crippen molar-refractivity contribution >= 4 is 51.0 Å². The van der Waals surface area contributed by atoms with Crippen LogP contribution in [0.3, 0.4) is 0 Å². The van der Waals surface area contributed by atoms with Crippen molar-refractivity contribution in [3.05, 3.63) is 114 Å². The number of carbonyl (C=O) groups is 2. The van der Waals surface area contributed by atoms with E-state index in [1.54, 1.807) is 37.4 Å². The van der Waals surface area contributed by atoms with Gasteiger partial charge in [-0.1, -0.05) is 30.3 Å². The van der Waals surface area contributed by atoms with Crippen LogP contribution in [-0.2, 0) is 4.74 Å². The van der Waals surface area contributed by atoms with E-state index in [0.29, 0.717) is 29.4 Å². The number of nitrogens with zero attached hydrogens (tertiary/aromatic N) is 2. The first-order valence-electron chi connectivity index (χ1n) is 13.3. The van der Waals surface area contributed by atoms with Crippen molar-refractivity contribution in [1.82, 2.24) is 15.0 Å². The molecule has 0 unspecified atom stereocenters. The molecule has 0 fully saturated rings. The van der Waals surface area contributed by atoms with E-state index in [1.807, 2.05) is 49.4 Å². The van der Waals surface area contributed by atoms with Crippen LogP contribution in [-0.4, -0.2) is 33.4 Å². The Morgan fingerprint density at radius 1 is 0.878 bits per heavy atom. The Hall–Kier alpha value is -5.50. The number of hydrogen-bond donors (Lipinski definition) is 3. The van der Waals surface area contributed by atoms with E-state index in [-0.39, 0.29) is 5.91 Å². The Labute approximate surface area is 236 Å². The second-order valence-electron chi connectivity index (χ2n) is 9.64. The number of carbonyl (C=O) groups excluding carboxylic acids is 2. The molecule has 1 amide bonds. The average molecular weight is 542 g/mol. The lowest BCUT2D eigenvalue weighted by Gasteiger charge is -2.12. The summed E-state index contributed by atoms with van der Waals surface area (Å²) in [4.78, 5) is 37.4. The van der Waals surface area contributed by atoms with Crippen molar-refractivity contribution in [2.75, 3.05) is 17.2 Å². The zero-order valence-electron chi connectivity index (χ0n) is 22.6. The minimum atomic E-state index is -0.417. The van der Waals surface area contributed by atoms with Gasteiger partial charge >= 0.3 is 5.97 Å². The second kappa shape index (κ2) is 10.9. The predicted octanol–water partition coefficient (Wildman–Crippen LogP) is 7.26. The maximum absolute atomic E-state index is 12.9. The van der Waals surface area contributed by atoms with Crippen LogP contribution < -0.4 is 10.6 Å². The summed E-state index contributed by atoms with van der Waals surface area (Å²) in [5, 5.41) is 8.28. The molecule has 0 saturated carbocycles. The number of rotatable bonds is 7. The van der Waals surface area contributed by atoms with Gasteiger partial charge in [0.25, 0.3) is 5.91 Å². The number of aryl methyl sites for hydroxylation is 1. The van der Waals surface area contributed by atoms with Crippen LogP contribution in [0.5, 0.6) is 0 Å². The van der Waals surface area contributed by atoms with E-state index in [9.17, 15) is 9.59 Å². The van der Waals surface area contributed by atoms with Crippen molar-refractivity contribution in [3.8, 4) is 11.3 Å². The fourth-order valence-corrected chi connectivity index (χ4v) is 4.62. The van der Waals surface area contributed by atoms with Crippen molar-refractivity contribution < 1.29 is 14.3 Å². The molecule has 41 heavy (non-hydrogen) atoms. The van der Waals surface area contributed by atoms with E-state index >= 15 is 0 Å². The lowest BCUT2D eigenvalue weighted by atomic mass is 10.1. The van der Waals surface area contributed by atoms with Crippen molar-refractivity contribution in [2.45, 2.75) is 13.8 Å². The number of esters is 1. The third-order valence-electron chi connectivity index (χ3n) is 6.82. The largest absolute Gasteiger partial charge is 0.462 e. The number of aromatic nitrogens is 3. The third kappa shape index (κ3) is 5.49. The topological polar surface area (TPSA) is 109 Å². The SMILES string of the molecule is CCOC(=O)c1ccc(C(=O)Nc2cc(Nc3ncc4cc(-c5cc6ccccc6[nH]5)ccc4n3)ccc2C)cc1. The Kier molecular flexibility index (Phi) is 6.87. The molecule has 6 rings (SSSR count). The van der Waals surface area contributed by atoms with Gasteiger partial charge in [0.15, 0.2) is 0 Å². The monoisotopic (exact) mass is 541 g/mol. The number of nitrogens with one attached hydrogen (secondary N) is 3. The highest BCUT2D eigenvalue weighted by Gasteiger charge is 2.12. The number of hydrogen-bond acceptors (Lipinski definition) is 6. The number of ether oxygens (including phenoxy) is 1. The standard InChI is InChI=1S/C33H27N5O3/c1-3-41-32(40)22-11-9-21(10-12-22)31(39)37-29-18-26(14-8-20(29)2)35-33-34-19-25-16-24(13-15-28(25)38-33)30-17-23-6-4-5-7-27(23)36-30/h4-19,36H,3H2,1-2H3,(H,37,39)(H,34,35,38). The van der Waals surface area contributed by atoms with Gasteiger partial charge in [0.05, 0.1) is 17.7 Å².